The third-order valence-corrected chi connectivity index (χ3v) is 2.68. The number of nitro groups is 1. The molecule has 0 N–H and O–H groups in total. The van der Waals surface area contributed by atoms with Gasteiger partial charge in [-0.1, -0.05) is 6.07 Å². The van der Waals surface area contributed by atoms with E-state index in [0.29, 0.717) is 6.26 Å². The highest BCUT2D eigenvalue weighted by Crippen LogP contribution is 2.31. The van der Waals surface area contributed by atoms with Crippen LogP contribution in [0.2, 0.25) is 0 Å². The summed E-state index contributed by atoms with van der Waals surface area (Å²) in [5.41, 5.74) is -1.35. The van der Waals surface area contributed by atoms with Crippen LogP contribution >= 0.6 is 0 Å². The number of carbonyl (C=O) groups is 2. The van der Waals surface area contributed by atoms with Crippen molar-refractivity contribution < 1.29 is 27.2 Å². The molecule has 100 valence electrons. The van der Waals surface area contributed by atoms with Crippen LogP contribution in [-0.4, -0.2) is 36.5 Å². The number of imide groups is 1. The van der Waals surface area contributed by atoms with Crippen LogP contribution in [-0.2, 0) is 14.4 Å². The summed E-state index contributed by atoms with van der Waals surface area (Å²) >= 11 is 0. The number of hydrogen-bond donors (Lipinski definition) is 0. The zero-order valence-corrected chi connectivity index (χ0v) is 10.2. The zero-order valence-electron chi connectivity index (χ0n) is 9.39. The van der Waals surface area contributed by atoms with Crippen molar-refractivity contribution in [2.45, 2.75) is 0 Å². The molecule has 2 amide bonds. The summed E-state index contributed by atoms with van der Waals surface area (Å²) in [5.74, 6) is -2.24. The Morgan fingerprint density at radius 1 is 1.26 bits per heavy atom. The Morgan fingerprint density at radius 3 is 2.42 bits per heavy atom. The van der Waals surface area contributed by atoms with Crippen LogP contribution in [0, 0.1) is 10.1 Å². The molecule has 0 aliphatic carbocycles. The molecule has 9 nitrogen and oxygen atoms in total. The maximum absolute atomic E-state index is 11.8. The first-order chi connectivity index (χ1) is 8.72. The van der Waals surface area contributed by atoms with Crippen molar-refractivity contribution in [2.24, 2.45) is 0 Å². The van der Waals surface area contributed by atoms with E-state index in [1.165, 1.54) is 12.1 Å². The predicted octanol–water partition coefficient (Wildman–Crippen LogP) is 0.0820. The molecule has 0 aromatic heterocycles. The molecule has 19 heavy (non-hydrogen) atoms. The van der Waals surface area contributed by atoms with E-state index >= 15 is 0 Å². The summed E-state index contributed by atoms with van der Waals surface area (Å²) in [6, 6.07) is 3.42. The maximum atomic E-state index is 11.8. The van der Waals surface area contributed by atoms with Gasteiger partial charge in [0, 0.05) is 6.07 Å². The quantitative estimate of drug-likeness (QED) is 0.437. The minimum atomic E-state index is -4.11. The molecule has 0 atom stereocenters. The van der Waals surface area contributed by atoms with Gasteiger partial charge in [0.05, 0.1) is 16.7 Å². The van der Waals surface area contributed by atoms with E-state index in [2.05, 4.69) is 4.28 Å². The van der Waals surface area contributed by atoms with Crippen LogP contribution in [0.4, 0.5) is 5.69 Å². The van der Waals surface area contributed by atoms with Crippen LogP contribution in [0.5, 0.6) is 0 Å². The third-order valence-electron chi connectivity index (χ3n) is 2.26. The van der Waals surface area contributed by atoms with Gasteiger partial charge in [0.15, 0.2) is 0 Å². The maximum Gasteiger partial charge on any atom is 0.294 e. The second-order valence-corrected chi connectivity index (χ2v) is 5.20. The molecule has 1 aromatic carbocycles. The van der Waals surface area contributed by atoms with E-state index < -0.39 is 38.1 Å². The average Bonchev–Trinajstić information content (AvgIpc) is 2.53. The molecule has 10 heteroatoms. The monoisotopic (exact) mass is 286 g/mol. The normalized spacial score (nSPS) is 14.7. The van der Waals surface area contributed by atoms with Gasteiger partial charge in [-0.15, -0.1) is 9.35 Å². The van der Waals surface area contributed by atoms with Crippen LogP contribution in [0.3, 0.4) is 0 Å². The Bertz CT molecular complexity index is 709. The SMILES string of the molecule is CS(=O)(=O)ON1C(=O)c2cccc([N+](=O)[O-])c2C1=O. The number of carbonyl (C=O) groups excluding carboxylic acids is 2. The van der Waals surface area contributed by atoms with E-state index in [-0.39, 0.29) is 10.6 Å². The first-order valence-corrected chi connectivity index (χ1v) is 6.60. The zero-order chi connectivity index (χ0) is 14.4. The fourth-order valence-corrected chi connectivity index (χ4v) is 2.01. The van der Waals surface area contributed by atoms with Crippen molar-refractivity contribution in [3.63, 3.8) is 0 Å². The molecule has 2 rings (SSSR count). The highest BCUT2D eigenvalue weighted by molar-refractivity contribution is 7.85. The van der Waals surface area contributed by atoms with E-state index in [1.54, 1.807) is 0 Å². The summed E-state index contributed by atoms with van der Waals surface area (Å²) in [6.45, 7) is 0. The Morgan fingerprint density at radius 2 is 1.89 bits per heavy atom. The molecule has 0 fully saturated rings. The lowest BCUT2D eigenvalue weighted by Crippen LogP contribution is -2.32. The van der Waals surface area contributed by atoms with Gasteiger partial charge in [-0.25, -0.2) is 0 Å². The fourth-order valence-electron chi connectivity index (χ4n) is 1.60. The predicted molar refractivity (Wildman–Crippen MR) is 59.5 cm³/mol. The molecule has 0 radical (unpaired) electrons. The Kier molecular flexibility index (Phi) is 2.83. The highest BCUT2D eigenvalue weighted by atomic mass is 32.2. The Hall–Kier alpha value is -2.33. The van der Waals surface area contributed by atoms with Gasteiger partial charge >= 0.3 is 0 Å². The van der Waals surface area contributed by atoms with Crippen molar-refractivity contribution >= 4 is 27.6 Å². The van der Waals surface area contributed by atoms with Crippen LogP contribution in [0.1, 0.15) is 20.7 Å². The van der Waals surface area contributed by atoms with Gasteiger partial charge in [0.2, 0.25) is 0 Å². The number of amides is 2. The molecule has 0 bridgehead atoms. The molecule has 0 saturated carbocycles. The molecular weight excluding hydrogens is 280 g/mol. The molecule has 1 aromatic rings. The Labute approximate surface area is 106 Å². The second-order valence-electron chi connectivity index (χ2n) is 3.64. The number of nitrogens with zero attached hydrogens (tertiary/aromatic N) is 2. The van der Waals surface area contributed by atoms with Crippen molar-refractivity contribution in [3.05, 3.63) is 39.4 Å². The summed E-state index contributed by atoms with van der Waals surface area (Å²) in [7, 11) is -4.11. The van der Waals surface area contributed by atoms with Gasteiger partial charge in [-0.3, -0.25) is 19.7 Å². The van der Waals surface area contributed by atoms with E-state index in [9.17, 15) is 28.1 Å². The van der Waals surface area contributed by atoms with Gasteiger partial charge < -0.3 is 0 Å². The molecule has 0 spiro atoms. The van der Waals surface area contributed by atoms with Crippen molar-refractivity contribution in [2.75, 3.05) is 6.26 Å². The standard InChI is InChI=1S/C9H6N2O7S/c1-19(16,17)18-10-8(12)5-3-2-4-6(11(14)15)7(5)9(10)13/h2-4H,1H3. The van der Waals surface area contributed by atoms with Gasteiger partial charge in [0.25, 0.3) is 27.6 Å². The molecule has 1 aliphatic heterocycles. The molecule has 1 heterocycles. The van der Waals surface area contributed by atoms with Crippen LogP contribution in [0.15, 0.2) is 18.2 Å². The lowest BCUT2D eigenvalue weighted by atomic mass is 10.1. The number of fused-ring (bicyclic) bond motifs is 1. The molecule has 0 unspecified atom stereocenters. The molecular formula is C9H6N2O7S. The van der Waals surface area contributed by atoms with Crippen LogP contribution < -0.4 is 0 Å². The summed E-state index contributed by atoms with van der Waals surface area (Å²) in [5, 5.41) is 10.8. The summed E-state index contributed by atoms with van der Waals surface area (Å²) < 4.78 is 26.1. The van der Waals surface area contributed by atoms with E-state index in [0.717, 1.165) is 6.07 Å². The smallest absolute Gasteiger partial charge is 0.266 e. The van der Waals surface area contributed by atoms with Gasteiger partial charge in [0.1, 0.15) is 5.56 Å². The second kappa shape index (κ2) is 4.10. The minimum Gasteiger partial charge on any atom is -0.266 e. The van der Waals surface area contributed by atoms with Gasteiger partial charge in [-0.2, -0.15) is 8.42 Å². The average molecular weight is 286 g/mol. The van der Waals surface area contributed by atoms with Crippen molar-refractivity contribution in [3.8, 4) is 0 Å². The summed E-state index contributed by atoms with van der Waals surface area (Å²) in [6.07, 6.45) is 0.644. The minimum absolute atomic E-state index is 0.00694. The number of rotatable bonds is 3. The van der Waals surface area contributed by atoms with Crippen molar-refractivity contribution in [1.82, 2.24) is 5.06 Å². The fraction of sp³-hybridized carbons (Fsp3) is 0.111. The van der Waals surface area contributed by atoms with E-state index in [4.69, 9.17) is 0 Å². The number of hydroxylamine groups is 2. The largest absolute Gasteiger partial charge is 0.294 e. The molecule has 1 aliphatic rings. The lowest BCUT2D eigenvalue weighted by molar-refractivity contribution is -0.385. The summed E-state index contributed by atoms with van der Waals surface area (Å²) in [4.78, 5) is 33.5. The first kappa shape index (κ1) is 13.1. The van der Waals surface area contributed by atoms with Crippen molar-refractivity contribution in [1.29, 1.82) is 0 Å². The van der Waals surface area contributed by atoms with Crippen LogP contribution in [0.25, 0.3) is 0 Å². The number of nitro benzene ring substituents is 1. The topological polar surface area (TPSA) is 124 Å². The first-order valence-electron chi connectivity index (χ1n) is 4.78. The third kappa shape index (κ3) is 2.18. The number of hydrogen-bond acceptors (Lipinski definition) is 7. The highest BCUT2D eigenvalue weighted by Gasteiger charge is 2.43. The van der Waals surface area contributed by atoms with E-state index in [1.807, 2.05) is 0 Å². The lowest BCUT2D eigenvalue weighted by Gasteiger charge is -2.09. The number of benzene rings is 1. The van der Waals surface area contributed by atoms with Gasteiger partial charge in [-0.05, 0) is 6.07 Å². The Balaban J connectivity index is 2.56. The molecule has 0 saturated heterocycles.